The number of anilines is 1. The largest absolute Gasteiger partial charge is 0.396 e. The molecule has 18 heavy (non-hydrogen) atoms. The summed E-state index contributed by atoms with van der Waals surface area (Å²) >= 11 is 0. The van der Waals surface area contributed by atoms with Crippen LogP contribution in [-0.2, 0) is 0 Å². The van der Waals surface area contributed by atoms with Crippen molar-refractivity contribution in [1.82, 2.24) is 0 Å². The molecule has 4 heteroatoms. The number of halogens is 1. The molecule has 0 aliphatic carbocycles. The van der Waals surface area contributed by atoms with E-state index in [0.29, 0.717) is 11.3 Å². The van der Waals surface area contributed by atoms with Crippen LogP contribution < -0.4 is 5.32 Å². The second-order valence-electron chi connectivity index (χ2n) is 4.58. The molecule has 1 aromatic rings. The van der Waals surface area contributed by atoms with Gasteiger partial charge < -0.3 is 10.4 Å². The first kappa shape index (κ1) is 14.5. The molecular weight excluding hydrogens is 231 g/mol. The molecule has 2 N–H and O–H groups in total. The van der Waals surface area contributed by atoms with Gasteiger partial charge in [-0.15, -0.1) is 0 Å². The summed E-state index contributed by atoms with van der Waals surface area (Å²) in [6, 6.07) is 6.42. The smallest absolute Gasteiger partial charge is 0.147 e. The van der Waals surface area contributed by atoms with Crippen LogP contribution >= 0.6 is 0 Å². The van der Waals surface area contributed by atoms with Crippen molar-refractivity contribution in [2.24, 2.45) is 5.92 Å². The number of nitrogens with one attached hydrogen (secondary N) is 1. The van der Waals surface area contributed by atoms with E-state index in [1.54, 1.807) is 12.1 Å². The predicted molar refractivity (Wildman–Crippen MR) is 69.7 cm³/mol. The van der Waals surface area contributed by atoms with Gasteiger partial charge in [0.05, 0.1) is 17.3 Å². The molecule has 98 valence electrons. The van der Waals surface area contributed by atoms with Crippen molar-refractivity contribution in [2.45, 2.75) is 32.7 Å². The zero-order chi connectivity index (χ0) is 13.5. The second-order valence-corrected chi connectivity index (χ2v) is 4.58. The van der Waals surface area contributed by atoms with Crippen molar-refractivity contribution in [1.29, 1.82) is 5.26 Å². The third kappa shape index (κ3) is 4.01. The van der Waals surface area contributed by atoms with Gasteiger partial charge in [-0.05, 0) is 37.0 Å². The normalized spacial score (nSPS) is 13.7. The molecule has 0 saturated carbocycles. The zero-order valence-electron chi connectivity index (χ0n) is 10.8. The van der Waals surface area contributed by atoms with Crippen molar-refractivity contribution in [3.63, 3.8) is 0 Å². The standard InChI is InChI=1S/C14H19FN2O/c1-3-12(6-10(2)9-18)17-14-5-4-11(8-16)7-13(14)15/h4-5,7,10,12,17-18H,3,6,9H2,1-2H3/t10-,12-/m1/s1. The molecule has 0 heterocycles. The number of hydrogen-bond donors (Lipinski definition) is 2. The Morgan fingerprint density at radius 2 is 2.22 bits per heavy atom. The summed E-state index contributed by atoms with van der Waals surface area (Å²) in [6.45, 7) is 4.11. The van der Waals surface area contributed by atoms with Crippen LogP contribution in [0.1, 0.15) is 32.3 Å². The predicted octanol–water partition coefficient (Wildman–Crippen LogP) is 2.91. The molecule has 0 amide bonds. The average Bonchev–Trinajstić information content (AvgIpc) is 2.39. The van der Waals surface area contributed by atoms with Gasteiger partial charge in [0.15, 0.2) is 0 Å². The summed E-state index contributed by atoms with van der Waals surface area (Å²) < 4.78 is 13.7. The number of rotatable bonds is 6. The van der Waals surface area contributed by atoms with E-state index in [4.69, 9.17) is 10.4 Å². The number of benzene rings is 1. The highest BCUT2D eigenvalue weighted by atomic mass is 19.1. The van der Waals surface area contributed by atoms with E-state index >= 15 is 0 Å². The topological polar surface area (TPSA) is 56.0 Å². The van der Waals surface area contributed by atoms with Crippen LogP contribution in [0.25, 0.3) is 0 Å². The van der Waals surface area contributed by atoms with Gasteiger partial charge in [0.2, 0.25) is 0 Å². The molecule has 0 bridgehead atoms. The Bertz CT molecular complexity index is 428. The highest BCUT2D eigenvalue weighted by molar-refractivity contribution is 5.49. The summed E-state index contributed by atoms with van der Waals surface area (Å²) in [5, 5.41) is 20.8. The van der Waals surface area contributed by atoms with Crippen molar-refractivity contribution in [3.8, 4) is 6.07 Å². The van der Waals surface area contributed by atoms with Gasteiger partial charge in [-0.1, -0.05) is 13.8 Å². The Labute approximate surface area is 107 Å². The third-order valence-corrected chi connectivity index (χ3v) is 2.95. The van der Waals surface area contributed by atoms with E-state index in [9.17, 15) is 4.39 Å². The first-order valence-corrected chi connectivity index (χ1v) is 6.17. The van der Waals surface area contributed by atoms with Crippen LogP contribution in [0.2, 0.25) is 0 Å². The maximum atomic E-state index is 13.7. The highest BCUT2D eigenvalue weighted by Crippen LogP contribution is 2.19. The summed E-state index contributed by atoms with van der Waals surface area (Å²) in [5.41, 5.74) is 0.723. The van der Waals surface area contributed by atoms with Gasteiger partial charge in [0, 0.05) is 12.6 Å². The van der Waals surface area contributed by atoms with Gasteiger partial charge in [-0.2, -0.15) is 5.26 Å². The Kier molecular flexibility index (Phi) is 5.60. The lowest BCUT2D eigenvalue weighted by Gasteiger charge is -2.21. The first-order chi connectivity index (χ1) is 8.60. The number of nitriles is 1. The first-order valence-electron chi connectivity index (χ1n) is 6.17. The lowest BCUT2D eigenvalue weighted by Crippen LogP contribution is -2.23. The maximum absolute atomic E-state index is 13.7. The van der Waals surface area contributed by atoms with Crippen molar-refractivity contribution >= 4 is 5.69 Å². The molecule has 0 unspecified atom stereocenters. The lowest BCUT2D eigenvalue weighted by molar-refractivity contribution is 0.224. The maximum Gasteiger partial charge on any atom is 0.147 e. The van der Waals surface area contributed by atoms with Crippen LogP contribution in [0.5, 0.6) is 0 Å². The van der Waals surface area contributed by atoms with Gasteiger partial charge in [0.25, 0.3) is 0 Å². The third-order valence-electron chi connectivity index (χ3n) is 2.95. The van der Waals surface area contributed by atoms with Crippen LogP contribution in [0.3, 0.4) is 0 Å². The Hall–Kier alpha value is -1.60. The molecule has 0 saturated heterocycles. The number of nitrogens with zero attached hydrogens (tertiary/aromatic N) is 1. The molecule has 3 nitrogen and oxygen atoms in total. The van der Waals surface area contributed by atoms with Crippen LogP contribution in [0.15, 0.2) is 18.2 Å². The monoisotopic (exact) mass is 250 g/mol. The highest BCUT2D eigenvalue weighted by Gasteiger charge is 2.13. The van der Waals surface area contributed by atoms with Crippen LogP contribution in [0, 0.1) is 23.1 Å². The van der Waals surface area contributed by atoms with Crippen molar-refractivity contribution in [2.75, 3.05) is 11.9 Å². The summed E-state index contributed by atoms with van der Waals surface area (Å²) in [5.74, 6) is -0.229. The molecule has 1 aromatic carbocycles. The number of aliphatic hydroxyl groups is 1. The Morgan fingerprint density at radius 1 is 1.50 bits per heavy atom. The SMILES string of the molecule is CC[C@H](C[C@@H](C)CO)Nc1ccc(C#N)cc1F. The summed E-state index contributed by atoms with van der Waals surface area (Å²) in [7, 11) is 0. The fourth-order valence-corrected chi connectivity index (χ4v) is 1.81. The molecule has 0 aliphatic heterocycles. The fourth-order valence-electron chi connectivity index (χ4n) is 1.81. The summed E-state index contributed by atoms with van der Waals surface area (Å²) in [4.78, 5) is 0. The minimum Gasteiger partial charge on any atom is -0.396 e. The minimum atomic E-state index is -0.413. The molecule has 0 aromatic heterocycles. The van der Waals surface area contributed by atoms with Gasteiger partial charge in [-0.3, -0.25) is 0 Å². The van der Waals surface area contributed by atoms with E-state index in [-0.39, 0.29) is 18.6 Å². The van der Waals surface area contributed by atoms with Gasteiger partial charge >= 0.3 is 0 Å². The molecule has 2 atom stereocenters. The van der Waals surface area contributed by atoms with Crippen molar-refractivity contribution < 1.29 is 9.50 Å². The van der Waals surface area contributed by atoms with Crippen molar-refractivity contribution in [3.05, 3.63) is 29.6 Å². The van der Waals surface area contributed by atoms with E-state index < -0.39 is 5.82 Å². The molecular formula is C14H19FN2O. The quantitative estimate of drug-likeness (QED) is 0.816. The number of aliphatic hydroxyl groups excluding tert-OH is 1. The van der Waals surface area contributed by atoms with E-state index in [1.165, 1.54) is 6.07 Å². The number of hydrogen-bond acceptors (Lipinski definition) is 3. The average molecular weight is 250 g/mol. The molecule has 0 radical (unpaired) electrons. The minimum absolute atomic E-state index is 0.120. The summed E-state index contributed by atoms with van der Waals surface area (Å²) in [6.07, 6.45) is 1.64. The van der Waals surface area contributed by atoms with E-state index in [0.717, 1.165) is 12.8 Å². The molecule has 0 aliphatic rings. The van der Waals surface area contributed by atoms with E-state index in [1.807, 2.05) is 19.9 Å². The zero-order valence-corrected chi connectivity index (χ0v) is 10.8. The lowest BCUT2D eigenvalue weighted by atomic mass is 10.0. The fraction of sp³-hybridized carbons (Fsp3) is 0.500. The second kappa shape index (κ2) is 6.97. The Balaban J connectivity index is 2.73. The van der Waals surface area contributed by atoms with Crippen LogP contribution in [0.4, 0.5) is 10.1 Å². The van der Waals surface area contributed by atoms with E-state index in [2.05, 4.69) is 5.32 Å². The molecule has 0 fully saturated rings. The molecule has 0 spiro atoms. The molecule has 1 rings (SSSR count). The van der Waals surface area contributed by atoms with Crippen LogP contribution in [-0.4, -0.2) is 17.8 Å². The van der Waals surface area contributed by atoms with Gasteiger partial charge in [0.1, 0.15) is 5.82 Å². The Morgan fingerprint density at radius 3 is 2.72 bits per heavy atom. The van der Waals surface area contributed by atoms with Gasteiger partial charge in [-0.25, -0.2) is 4.39 Å².